The fourth-order valence-corrected chi connectivity index (χ4v) is 3.10. The smallest absolute Gasteiger partial charge is 0.272 e. The molecular formula is C19H22BrN3O. The lowest BCUT2D eigenvalue weighted by Crippen LogP contribution is -2.38. The van der Waals surface area contributed by atoms with Gasteiger partial charge in [0.25, 0.3) is 5.91 Å². The maximum Gasteiger partial charge on any atom is 0.272 e. The number of anilines is 2. The van der Waals surface area contributed by atoms with E-state index in [1.54, 1.807) is 12.3 Å². The molecule has 0 bridgehead atoms. The highest BCUT2D eigenvalue weighted by molar-refractivity contribution is 9.10. The summed E-state index contributed by atoms with van der Waals surface area (Å²) in [6.45, 7) is 5.96. The van der Waals surface area contributed by atoms with Crippen LogP contribution < -0.4 is 5.32 Å². The molecule has 1 aromatic carbocycles. The number of amides is 1. The van der Waals surface area contributed by atoms with E-state index in [1.807, 2.05) is 23.1 Å². The summed E-state index contributed by atoms with van der Waals surface area (Å²) < 4.78 is 1.09. The zero-order chi connectivity index (χ0) is 17.1. The lowest BCUT2D eigenvalue weighted by Gasteiger charge is -2.30. The Kier molecular flexibility index (Phi) is 5.19. The number of benzene rings is 1. The average Bonchev–Trinajstić information content (AvgIpc) is 2.59. The van der Waals surface area contributed by atoms with Gasteiger partial charge in [0.05, 0.1) is 11.9 Å². The number of halogens is 1. The number of hydrogen-bond donors (Lipinski definition) is 1. The predicted molar refractivity (Wildman–Crippen MR) is 101 cm³/mol. The molecule has 0 unspecified atom stereocenters. The van der Waals surface area contributed by atoms with Crippen LogP contribution in [0.25, 0.3) is 0 Å². The van der Waals surface area contributed by atoms with E-state index in [0.717, 1.165) is 41.8 Å². The van der Waals surface area contributed by atoms with E-state index >= 15 is 0 Å². The van der Waals surface area contributed by atoms with Crippen molar-refractivity contribution in [1.29, 1.82) is 0 Å². The van der Waals surface area contributed by atoms with Crippen LogP contribution in [0.3, 0.4) is 0 Å². The largest absolute Gasteiger partial charge is 0.354 e. The summed E-state index contributed by atoms with van der Waals surface area (Å²) in [6, 6.07) is 9.79. The summed E-state index contributed by atoms with van der Waals surface area (Å²) in [5.41, 5.74) is 3.56. The first-order chi connectivity index (χ1) is 11.5. The molecule has 1 fully saturated rings. The minimum absolute atomic E-state index is 0.0351. The highest BCUT2D eigenvalue weighted by atomic mass is 79.9. The maximum absolute atomic E-state index is 12.5. The lowest BCUT2D eigenvalue weighted by molar-refractivity contribution is 0.0691. The molecule has 1 aromatic heterocycles. The Labute approximate surface area is 151 Å². The van der Waals surface area contributed by atoms with Crippen molar-refractivity contribution in [3.05, 3.63) is 52.3 Å². The fraction of sp³-hybridized carbons (Fsp3) is 0.368. The second kappa shape index (κ2) is 7.34. The van der Waals surface area contributed by atoms with Crippen LogP contribution in [0.15, 0.2) is 41.0 Å². The van der Waals surface area contributed by atoms with Gasteiger partial charge in [-0.25, -0.2) is 4.98 Å². The highest BCUT2D eigenvalue weighted by Crippen LogP contribution is 2.23. The predicted octanol–water partition coefficient (Wildman–Crippen LogP) is 4.77. The molecule has 0 radical (unpaired) electrons. The number of piperidine rings is 1. The monoisotopic (exact) mass is 387 g/mol. The van der Waals surface area contributed by atoms with Gasteiger partial charge in [-0.15, -0.1) is 0 Å². The number of carbonyl (C=O) groups is 1. The van der Waals surface area contributed by atoms with Crippen LogP contribution in [0.5, 0.6) is 0 Å². The highest BCUT2D eigenvalue weighted by Gasteiger charge is 2.22. The molecule has 24 heavy (non-hydrogen) atoms. The van der Waals surface area contributed by atoms with E-state index in [-0.39, 0.29) is 5.91 Å². The van der Waals surface area contributed by atoms with Crippen molar-refractivity contribution in [3.63, 3.8) is 0 Å². The number of nitrogens with zero attached hydrogens (tertiary/aromatic N) is 2. The summed E-state index contributed by atoms with van der Waals surface area (Å²) in [5.74, 6) is 0.746. The van der Waals surface area contributed by atoms with Crippen molar-refractivity contribution in [2.45, 2.75) is 26.7 Å². The Morgan fingerprint density at radius 1 is 1.21 bits per heavy atom. The fourth-order valence-electron chi connectivity index (χ4n) is 2.86. The Morgan fingerprint density at radius 3 is 2.54 bits per heavy atom. The summed E-state index contributed by atoms with van der Waals surface area (Å²) in [5, 5.41) is 3.32. The number of likely N-dealkylation sites (tertiary alicyclic amines) is 1. The third kappa shape index (κ3) is 3.96. The number of pyridine rings is 1. The molecule has 1 saturated heterocycles. The maximum atomic E-state index is 12.5. The van der Waals surface area contributed by atoms with Gasteiger partial charge in [-0.3, -0.25) is 4.79 Å². The first kappa shape index (κ1) is 17.0. The van der Waals surface area contributed by atoms with Crippen molar-refractivity contribution < 1.29 is 4.79 Å². The van der Waals surface area contributed by atoms with Gasteiger partial charge in [0.2, 0.25) is 0 Å². The number of aromatic nitrogens is 1. The van der Waals surface area contributed by atoms with Gasteiger partial charge in [0.15, 0.2) is 0 Å². The lowest BCUT2D eigenvalue weighted by atomic mass is 9.99. The van der Waals surface area contributed by atoms with E-state index in [1.165, 1.54) is 5.56 Å². The van der Waals surface area contributed by atoms with Gasteiger partial charge in [0.1, 0.15) is 5.69 Å². The standard InChI is InChI=1S/C19H22BrN3O/c1-13-7-9-23(10-8-13)19(24)18-6-4-16(12-21-18)22-15-3-5-17(20)14(2)11-15/h3-6,11-13,22H,7-10H2,1-2H3. The molecule has 0 atom stereocenters. The first-order valence-electron chi connectivity index (χ1n) is 8.31. The number of aryl methyl sites for hydroxylation is 1. The number of rotatable bonds is 3. The molecule has 0 aliphatic carbocycles. The molecule has 0 saturated carbocycles. The Morgan fingerprint density at radius 2 is 1.92 bits per heavy atom. The number of carbonyl (C=O) groups excluding carboxylic acids is 1. The van der Waals surface area contributed by atoms with Gasteiger partial charge in [-0.1, -0.05) is 22.9 Å². The van der Waals surface area contributed by atoms with Crippen molar-refractivity contribution in [1.82, 2.24) is 9.88 Å². The summed E-state index contributed by atoms with van der Waals surface area (Å²) in [6.07, 6.45) is 3.87. The van der Waals surface area contributed by atoms with E-state index in [0.29, 0.717) is 11.6 Å². The van der Waals surface area contributed by atoms with Crippen molar-refractivity contribution in [3.8, 4) is 0 Å². The van der Waals surface area contributed by atoms with Crippen LogP contribution in [0.4, 0.5) is 11.4 Å². The third-order valence-corrected chi connectivity index (χ3v) is 5.39. The molecule has 3 rings (SSSR count). The zero-order valence-electron chi connectivity index (χ0n) is 14.1. The molecule has 2 aromatic rings. The molecule has 1 aliphatic heterocycles. The summed E-state index contributed by atoms with van der Waals surface area (Å²) >= 11 is 3.50. The minimum atomic E-state index is 0.0351. The van der Waals surface area contributed by atoms with Gasteiger partial charge >= 0.3 is 0 Å². The van der Waals surface area contributed by atoms with Gasteiger partial charge in [-0.05, 0) is 61.6 Å². The molecule has 1 amide bonds. The Hall–Kier alpha value is -1.88. The van der Waals surface area contributed by atoms with E-state index in [4.69, 9.17) is 0 Å². The molecule has 2 heterocycles. The molecule has 4 nitrogen and oxygen atoms in total. The van der Waals surface area contributed by atoms with Crippen LogP contribution in [-0.4, -0.2) is 28.9 Å². The zero-order valence-corrected chi connectivity index (χ0v) is 15.6. The van der Waals surface area contributed by atoms with Gasteiger partial charge < -0.3 is 10.2 Å². The third-order valence-electron chi connectivity index (χ3n) is 4.50. The molecular weight excluding hydrogens is 366 g/mol. The van der Waals surface area contributed by atoms with Crippen LogP contribution in [0.2, 0.25) is 0 Å². The van der Waals surface area contributed by atoms with Crippen molar-refractivity contribution in [2.75, 3.05) is 18.4 Å². The summed E-state index contributed by atoms with van der Waals surface area (Å²) in [4.78, 5) is 18.8. The number of nitrogens with one attached hydrogen (secondary N) is 1. The van der Waals surface area contributed by atoms with Crippen LogP contribution in [-0.2, 0) is 0 Å². The normalized spacial score (nSPS) is 15.4. The van der Waals surface area contributed by atoms with E-state index in [2.05, 4.69) is 46.1 Å². The number of hydrogen-bond acceptors (Lipinski definition) is 3. The van der Waals surface area contributed by atoms with Crippen molar-refractivity contribution in [2.24, 2.45) is 5.92 Å². The molecule has 5 heteroatoms. The second-order valence-electron chi connectivity index (χ2n) is 6.50. The topological polar surface area (TPSA) is 45.2 Å². The average molecular weight is 388 g/mol. The molecule has 0 spiro atoms. The molecule has 1 N–H and O–H groups in total. The summed E-state index contributed by atoms with van der Waals surface area (Å²) in [7, 11) is 0. The van der Waals surface area contributed by atoms with Gasteiger partial charge in [-0.2, -0.15) is 0 Å². The molecule has 1 aliphatic rings. The quantitative estimate of drug-likeness (QED) is 0.824. The van der Waals surface area contributed by atoms with Crippen LogP contribution >= 0.6 is 15.9 Å². The van der Waals surface area contributed by atoms with Crippen LogP contribution in [0, 0.1) is 12.8 Å². The second-order valence-corrected chi connectivity index (χ2v) is 7.35. The minimum Gasteiger partial charge on any atom is -0.354 e. The van der Waals surface area contributed by atoms with E-state index < -0.39 is 0 Å². The Bertz CT molecular complexity index is 722. The van der Waals surface area contributed by atoms with Crippen LogP contribution in [0.1, 0.15) is 35.8 Å². The molecule has 126 valence electrons. The SMILES string of the molecule is Cc1cc(Nc2ccc(C(=O)N3CCC(C)CC3)nc2)ccc1Br. The van der Waals surface area contributed by atoms with Gasteiger partial charge in [0, 0.05) is 23.2 Å². The van der Waals surface area contributed by atoms with Crippen molar-refractivity contribution >= 4 is 33.2 Å². The van der Waals surface area contributed by atoms with E-state index in [9.17, 15) is 4.79 Å². The first-order valence-corrected chi connectivity index (χ1v) is 9.11. The Balaban J connectivity index is 1.66.